The van der Waals surface area contributed by atoms with Crippen molar-refractivity contribution in [1.82, 2.24) is 5.06 Å². The SMILES string of the molecule is CON(C)C(=O)CC1C(C)(O)CCC2C(C)(C)CCCC21C. The Hall–Kier alpha value is -0.610. The standard InChI is InChI=1S/C18H33NO3/c1-16(2)9-7-10-17(3)13(16)8-11-18(4,21)14(17)12-15(20)19(5)22-6/h13-14,21H,7-12H2,1-6H3. The van der Waals surface area contributed by atoms with Crippen LogP contribution in [-0.2, 0) is 9.63 Å². The molecule has 0 saturated heterocycles. The predicted octanol–water partition coefficient (Wildman–Crippen LogP) is 3.39. The maximum Gasteiger partial charge on any atom is 0.246 e. The molecule has 2 aliphatic carbocycles. The zero-order valence-corrected chi connectivity index (χ0v) is 15.1. The Bertz CT molecular complexity index is 432. The molecule has 0 heterocycles. The fourth-order valence-corrected chi connectivity index (χ4v) is 5.48. The second-order valence-electron chi connectivity index (χ2n) is 8.63. The van der Waals surface area contributed by atoms with Gasteiger partial charge in [-0.05, 0) is 49.4 Å². The van der Waals surface area contributed by atoms with Gasteiger partial charge in [-0.2, -0.15) is 0 Å². The summed E-state index contributed by atoms with van der Waals surface area (Å²) in [5.74, 6) is 0.515. The zero-order valence-electron chi connectivity index (χ0n) is 15.1. The minimum absolute atomic E-state index is 0.0107. The van der Waals surface area contributed by atoms with Crippen LogP contribution in [0.2, 0.25) is 0 Å². The van der Waals surface area contributed by atoms with Crippen molar-refractivity contribution in [2.75, 3.05) is 14.2 Å². The number of nitrogens with zero attached hydrogens (tertiary/aromatic N) is 1. The third-order valence-corrected chi connectivity index (χ3v) is 6.77. The van der Waals surface area contributed by atoms with Crippen LogP contribution in [0.1, 0.15) is 66.2 Å². The molecule has 0 aliphatic heterocycles. The third kappa shape index (κ3) is 2.92. The molecule has 2 aliphatic rings. The van der Waals surface area contributed by atoms with E-state index in [2.05, 4.69) is 20.8 Å². The van der Waals surface area contributed by atoms with E-state index >= 15 is 0 Å². The van der Waals surface area contributed by atoms with Crippen molar-refractivity contribution in [2.45, 2.75) is 71.8 Å². The second-order valence-corrected chi connectivity index (χ2v) is 8.63. The predicted molar refractivity (Wildman–Crippen MR) is 87.0 cm³/mol. The molecule has 0 radical (unpaired) electrons. The summed E-state index contributed by atoms with van der Waals surface area (Å²) in [6, 6.07) is 0. The third-order valence-electron chi connectivity index (χ3n) is 6.77. The lowest BCUT2D eigenvalue weighted by Gasteiger charge is -2.61. The van der Waals surface area contributed by atoms with Crippen LogP contribution in [0.5, 0.6) is 0 Å². The van der Waals surface area contributed by atoms with Crippen LogP contribution in [0.3, 0.4) is 0 Å². The molecule has 1 amide bonds. The van der Waals surface area contributed by atoms with E-state index in [0.717, 1.165) is 19.3 Å². The molecular formula is C18H33NO3. The van der Waals surface area contributed by atoms with Crippen LogP contribution in [-0.4, -0.2) is 35.8 Å². The molecule has 0 aromatic rings. The highest BCUT2D eigenvalue weighted by Crippen LogP contribution is 2.62. The summed E-state index contributed by atoms with van der Waals surface area (Å²) >= 11 is 0. The van der Waals surface area contributed by atoms with Crippen molar-refractivity contribution in [1.29, 1.82) is 0 Å². The van der Waals surface area contributed by atoms with Crippen molar-refractivity contribution in [3.63, 3.8) is 0 Å². The van der Waals surface area contributed by atoms with E-state index in [9.17, 15) is 9.90 Å². The first-order chi connectivity index (χ1) is 10.0. The fourth-order valence-electron chi connectivity index (χ4n) is 5.48. The van der Waals surface area contributed by atoms with E-state index in [4.69, 9.17) is 4.84 Å². The summed E-state index contributed by atoms with van der Waals surface area (Å²) in [6.45, 7) is 8.93. The highest BCUT2D eigenvalue weighted by atomic mass is 16.7. The number of hydrogen-bond donors (Lipinski definition) is 1. The Morgan fingerprint density at radius 2 is 1.86 bits per heavy atom. The summed E-state index contributed by atoms with van der Waals surface area (Å²) < 4.78 is 0. The lowest BCUT2D eigenvalue weighted by Crippen LogP contribution is -2.58. The molecule has 4 atom stereocenters. The Balaban J connectivity index is 2.32. The summed E-state index contributed by atoms with van der Waals surface area (Å²) in [5, 5.41) is 12.3. The molecule has 2 fully saturated rings. The molecule has 0 aromatic carbocycles. The fraction of sp³-hybridized carbons (Fsp3) is 0.944. The van der Waals surface area contributed by atoms with Gasteiger partial charge in [-0.25, -0.2) is 5.06 Å². The largest absolute Gasteiger partial charge is 0.390 e. The monoisotopic (exact) mass is 311 g/mol. The van der Waals surface area contributed by atoms with Gasteiger partial charge >= 0.3 is 0 Å². The number of carbonyl (C=O) groups is 1. The van der Waals surface area contributed by atoms with Gasteiger partial charge in [0.05, 0.1) is 12.7 Å². The van der Waals surface area contributed by atoms with Crippen LogP contribution in [0, 0.1) is 22.7 Å². The Labute approximate surface area is 135 Å². The minimum atomic E-state index is -0.775. The van der Waals surface area contributed by atoms with Crippen LogP contribution in [0.25, 0.3) is 0 Å². The molecule has 2 rings (SSSR count). The molecule has 0 aromatic heterocycles. The Morgan fingerprint density at radius 1 is 1.23 bits per heavy atom. The van der Waals surface area contributed by atoms with Gasteiger partial charge in [-0.1, -0.05) is 27.2 Å². The highest BCUT2D eigenvalue weighted by Gasteiger charge is 2.58. The van der Waals surface area contributed by atoms with E-state index in [-0.39, 0.29) is 22.7 Å². The second kappa shape index (κ2) is 5.79. The molecule has 0 bridgehead atoms. The van der Waals surface area contributed by atoms with E-state index < -0.39 is 5.60 Å². The van der Waals surface area contributed by atoms with Crippen molar-refractivity contribution >= 4 is 5.91 Å². The lowest BCUT2D eigenvalue weighted by molar-refractivity contribution is -0.191. The summed E-state index contributed by atoms with van der Waals surface area (Å²) in [5.41, 5.74) is -0.464. The summed E-state index contributed by atoms with van der Waals surface area (Å²) in [6.07, 6.45) is 5.73. The van der Waals surface area contributed by atoms with E-state index in [1.54, 1.807) is 7.05 Å². The van der Waals surface area contributed by atoms with Crippen LogP contribution >= 0.6 is 0 Å². The average molecular weight is 311 g/mol. The Morgan fingerprint density at radius 3 is 2.45 bits per heavy atom. The number of rotatable bonds is 3. The van der Waals surface area contributed by atoms with Gasteiger partial charge in [0.1, 0.15) is 0 Å². The maximum absolute atomic E-state index is 12.4. The van der Waals surface area contributed by atoms with Crippen LogP contribution in [0.15, 0.2) is 0 Å². The Kier molecular flexibility index (Phi) is 4.67. The van der Waals surface area contributed by atoms with Crippen molar-refractivity contribution in [3.8, 4) is 0 Å². The lowest BCUT2D eigenvalue weighted by atomic mass is 9.45. The molecule has 4 unspecified atom stereocenters. The number of aliphatic hydroxyl groups is 1. The van der Waals surface area contributed by atoms with Crippen molar-refractivity contribution in [3.05, 3.63) is 0 Å². The van der Waals surface area contributed by atoms with Gasteiger partial charge in [0, 0.05) is 19.4 Å². The number of carbonyl (C=O) groups excluding carboxylic acids is 1. The number of hydroxylamine groups is 2. The first kappa shape index (κ1) is 17.7. The maximum atomic E-state index is 12.4. The zero-order chi connectivity index (χ0) is 16.8. The first-order valence-corrected chi connectivity index (χ1v) is 8.57. The van der Waals surface area contributed by atoms with Gasteiger partial charge in [0.15, 0.2) is 0 Å². The van der Waals surface area contributed by atoms with Crippen molar-refractivity contribution < 1.29 is 14.7 Å². The minimum Gasteiger partial charge on any atom is -0.390 e. The molecule has 1 N–H and O–H groups in total. The number of amides is 1. The van der Waals surface area contributed by atoms with Crippen LogP contribution in [0.4, 0.5) is 0 Å². The van der Waals surface area contributed by atoms with E-state index in [1.165, 1.54) is 25.0 Å². The molecule has 4 heteroatoms. The van der Waals surface area contributed by atoms with Gasteiger partial charge in [0.25, 0.3) is 0 Å². The molecule has 128 valence electrons. The smallest absolute Gasteiger partial charge is 0.246 e. The van der Waals surface area contributed by atoms with Gasteiger partial charge in [0.2, 0.25) is 5.91 Å². The topological polar surface area (TPSA) is 49.8 Å². The number of hydrogen-bond acceptors (Lipinski definition) is 3. The average Bonchev–Trinajstić information content (AvgIpc) is 2.40. The summed E-state index contributed by atoms with van der Waals surface area (Å²) in [7, 11) is 3.15. The quantitative estimate of drug-likeness (QED) is 0.813. The van der Waals surface area contributed by atoms with Gasteiger partial charge < -0.3 is 5.11 Å². The van der Waals surface area contributed by atoms with E-state index in [1.807, 2.05) is 6.92 Å². The van der Waals surface area contributed by atoms with E-state index in [0.29, 0.717) is 12.3 Å². The summed E-state index contributed by atoms with van der Waals surface area (Å²) in [4.78, 5) is 17.4. The molecular weight excluding hydrogens is 278 g/mol. The molecule has 4 nitrogen and oxygen atoms in total. The first-order valence-electron chi connectivity index (χ1n) is 8.57. The highest BCUT2D eigenvalue weighted by molar-refractivity contribution is 5.75. The molecule has 22 heavy (non-hydrogen) atoms. The van der Waals surface area contributed by atoms with Gasteiger partial charge in [-0.15, -0.1) is 0 Å². The number of fused-ring (bicyclic) bond motifs is 1. The molecule has 0 spiro atoms. The normalized spacial score (nSPS) is 40.9. The van der Waals surface area contributed by atoms with Crippen molar-refractivity contribution in [2.24, 2.45) is 22.7 Å². The molecule has 2 saturated carbocycles. The van der Waals surface area contributed by atoms with Gasteiger partial charge in [-0.3, -0.25) is 9.63 Å². The van der Waals surface area contributed by atoms with Crippen LogP contribution < -0.4 is 0 Å².